The van der Waals surface area contributed by atoms with Crippen LogP contribution in [0.1, 0.15) is 0 Å². The van der Waals surface area contributed by atoms with Crippen LogP contribution in [0.4, 0.5) is 0 Å². The second kappa shape index (κ2) is 54.9. The molecule has 0 radical (unpaired) electrons. The second-order valence-corrected chi connectivity index (χ2v) is 8.10. The van der Waals surface area contributed by atoms with Gasteiger partial charge < -0.3 is 80.1 Å². The first-order valence-corrected chi connectivity index (χ1v) is 15.5. The average Bonchev–Trinajstić information content (AvgIpc) is 4.14. The third-order valence-electron chi connectivity index (χ3n) is 3.71. The van der Waals surface area contributed by atoms with Crippen molar-refractivity contribution in [1.29, 1.82) is 21.0 Å². The molecular weight excluding hydrogens is 788 g/mol. The highest BCUT2D eigenvalue weighted by atomic mass is 16.4. The highest BCUT2D eigenvalue weighted by molar-refractivity contribution is 6.51. The molecule has 28 nitrogen and oxygen atoms in total. The SMILES string of the molecule is N#CB(O)O.N#CB(O)O.N#CB(O)O.N#CB(O)O.c1c[nH]cn1.c1c[nH]cn1.c1c[nH]cn1.c1c[nH]cn1.c1c[nH]cn1.c1c[nH]cn1.c1c[nH]cn1.c1c[nH]cn1. The lowest BCUT2D eigenvalue weighted by atomic mass is 9.97. The molecule has 0 bridgehead atoms. The average molecular weight is 828 g/mol. The van der Waals surface area contributed by atoms with Crippen LogP contribution in [0.2, 0.25) is 0 Å². The number of hydrogen-bond donors (Lipinski definition) is 16. The Morgan fingerprint density at radius 1 is 0.267 bits per heavy atom. The van der Waals surface area contributed by atoms with Crippen molar-refractivity contribution in [3.05, 3.63) is 150 Å². The minimum atomic E-state index is -1.81. The summed E-state index contributed by atoms with van der Waals surface area (Å²) in [5.41, 5.74) is 0. The molecule has 8 heterocycles. The van der Waals surface area contributed by atoms with E-state index in [0.717, 1.165) is 23.9 Å². The van der Waals surface area contributed by atoms with Crippen LogP contribution >= 0.6 is 0 Å². The zero-order valence-corrected chi connectivity index (χ0v) is 31.1. The summed E-state index contributed by atoms with van der Waals surface area (Å²) >= 11 is 0. The van der Waals surface area contributed by atoms with Gasteiger partial charge in [-0.15, -0.1) is 0 Å². The minimum Gasteiger partial charge on any atom is -0.415 e. The Morgan fingerprint density at radius 3 is 0.383 bits per heavy atom. The summed E-state index contributed by atoms with van der Waals surface area (Å²) < 4.78 is 0. The molecule has 0 saturated heterocycles. The van der Waals surface area contributed by atoms with E-state index in [1.807, 2.05) is 0 Å². The van der Waals surface area contributed by atoms with Gasteiger partial charge in [-0.2, -0.15) is 0 Å². The van der Waals surface area contributed by atoms with Gasteiger partial charge in [-0.3, -0.25) is 0 Å². The largest absolute Gasteiger partial charge is 0.573 e. The van der Waals surface area contributed by atoms with Gasteiger partial charge in [-0.05, 0) is 0 Å². The molecule has 32 heteroatoms. The van der Waals surface area contributed by atoms with Gasteiger partial charge in [0.25, 0.3) is 0 Å². The third kappa shape index (κ3) is 74.7. The number of nitrogens with one attached hydrogen (secondary N) is 8. The molecule has 16 N–H and O–H groups in total. The van der Waals surface area contributed by atoms with Gasteiger partial charge >= 0.3 is 28.5 Å². The van der Waals surface area contributed by atoms with E-state index < -0.39 is 28.5 Å². The van der Waals surface area contributed by atoms with Gasteiger partial charge in [0.15, 0.2) is 0 Å². The molecule has 0 amide bonds. The first kappa shape index (κ1) is 58.3. The molecule has 0 saturated carbocycles. The number of rotatable bonds is 0. The number of H-pyrrole nitrogens is 8. The monoisotopic (exact) mass is 828 g/mol. The van der Waals surface area contributed by atoms with Crippen LogP contribution in [-0.4, -0.2) is 148 Å². The van der Waals surface area contributed by atoms with Crippen molar-refractivity contribution in [1.82, 2.24) is 79.7 Å². The lowest BCUT2D eigenvalue weighted by molar-refractivity contribution is 0.425. The van der Waals surface area contributed by atoms with Crippen LogP contribution in [-0.2, 0) is 0 Å². The number of nitriles is 4. The Labute approximate surface area is 342 Å². The predicted octanol–water partition coefficient (Wildman–Crippen LogP) is -2.63. The molecule has 8 aromatic heterocycles. The molecule has 60 heavy (non-hydrogen) atoms. The van der Waals surface area contributed by atoms with Gasteiger partial charge in [0.1, 0.15) is 0 Å². The lowest BCUT2D eigenvalue weighted by Crippen LogP contribution is -2.05. The van der Waals surface area contributed by atoms with Gasteiger partial charge in [0.05, 0.1) is 74.5 Å². The number of nitrogens with zero attached hydrogens (tertiary/aromatic N) is 12. The molecule has 312 valence electrons. The summed E-state index contributed by atoms with van der Waals surface area (Å²) in [7, 11) is -7.24. The van der Waals surface area contributed by atoms with Crippen LogP contribution < -0.4 is 0 Å². The normalized spacial score (nSPS) is 7.27. The summed E-state index contributed by atoms with van der Waals surface area (Å²) in [5, 5.41) is 90.0. The Morgan fingerprint density at radius 2 is 0.367 bits per heavy atom. The maximum atomic E-state index is 7.56. The predicted molar refractivity (Wildman–Crippen MR) is 212 cm³/mol. The Balaban J connectivity index is -0.000000285. The van der Waals surface area contributed by atoms with Crippen LogP contribution in [0.25, 0.3) is 0 Å². The number of hydrogen-bond acceptors (Lipinski definition) is 20. The maximum Gasteiger partial charge on any atom is 0.573 e. The number of aromatic amines is 8. The first-order valence-electron chi connectivity index (χ1n) is 15.5. The van der Waals surface area contributed by atoms with Crippen molar-refractivity contribution >= 4 is 28.5 Å². The summed E-state index contributed by atoms with van der Waals surface area (Å²) in [6.07, 6.45) is 40.7. The summed E-state index contributed by atoms with van der Waals surface area (Å²) in [4.78, 5) is 51.3. The Bertz CT molecular complexity index is 1350. The standard InChI is InChI=1S/8C3H4N2.4CH2BNO2/c8*1-2-5-3-4-1;4*3-1-2(4)5/h8*1-3H,(H,4,5);4*4-5H. The van der Waals surface area contributed by atoms with Crippen LogP contribution in [0.5, 0.6) is 0 Å². The zero-order chi connectivity index (χ0) is 45.4. The summed E-state index contributed by atoms with van der Waals surface area (Å²) in [6.45, 7) is 0. The molecule has 0 unspecified atom stereocenters. The fourth-order valence-corrected chi connectivity index (χ4v) is 1.72. The second-order valence-electron chi connectivity index (χ2n) is 8.10. The fourth-order valence-electron chi connectivity index (χ4n) is 1.72. The molecule has 0 aliphatic heterocycles. The van der Waals surface area contributed by atoms with E-state index in [0.29, 0.717) is 0 Å². The van der Waals surface area contributed by atoms with E-state index in [2.05, 4.69) is 79.7 Å². The smallest absolute Gasteiger partial charge is 0.415 e. The first-order chi connectivity index (χ1) is 29.1. The molecule has 0 aliphatic carbocycles. The van der Waals surface area contributed by atoms with Crippen LogP contribution in [0.3, 0.4) is 0 Å². The molecule has 0 fully saturated rings. The quantitative estimate of drug-likeness (QED) is 0.0695. The summed E-state index contributed by atoms with van der Waals surface area (Å²) in [6, 6.07) is 0. The highest BCUT2D eigenvalue weighted by Gasteiger charge is 1.99. The van der Waals surface area contributed by atoms with Gasteiger partial charge in [-0.1, -0.05) is 0 Å². The summed E-state index contributed by atoms with van der Waals surface area (Å²) in [5.74, 6) is 4.56. The Hall–Kier alpha value is -8.42. The minimum absolute atomic E-state index is 1.14. The van der Waals surface area contributed by atoms with E-state index in [4.69, 9.17) is 61.2 Å². The van der Waals surface area contributed by atoms with E-state index in [9.17, 15) is 0 Å². The number of aromatic nitrogens is 16. The fraction of sp³-hybridized carbons (Fsp3) is 0. The molecule has 8 aromatic rings. The van der Waals surface area contributed by atoms with Crippen molar-refractivity contribution in [2.75, 3.05) is 0 Å². The van der Waals surface area contributed by atoms with Gasteiger partial charge in [-0.25, -0.2) is 60.9 Å². The van der Waals surface area contributed by atoms with Crippen LogP contribution in [0, 0.1) is 44.9 Å². The van der Waals surface area contributed by atoms with Gasteiger partial charge in [0, 0.05) is 99.1 Å². The van der Waals surface area contributed by atoms with Crippen molar-refractivity contribution in [2.24, 2.45) is 0 Å². The van der Waals surface area contributed by atoms with E-state index >= 15 is 0 Å². The molecule has 0 aromatic carbocycles. The van der Waals surface area contributed by atoms with Crippen molar-refractivity contribution in [2.45, 2.75) is 0 Å². The molecule has 0 atom stereocenters. The van der Waals surface area contributed by atoms with Crippen molar-refractivity contribution < 1.29 is 40.2 Å². The Kier molecular flexibility index (Phi) is 53.4. The van der Waals surface area contributed by atoms with Crippen molar-refractivity contribution in [3.8, 4) is 23.9 Å². The molecule has 0 spiro atoms. The molecule has 8 rings (SSSR count). The molecule has 0 aliphatic rings. The third-order valence-corrected chi connectivity index (χ3v) is 3.71. The van der Waals surface area contributed by atoms with Gasteiger partial charge in [0.2, 0.25) is 0 Å². The maximum absolute atomic E-state index is 7.56. The van der Waals surface area contributed by atoms with Crippen molar-refractivity contribution in [3.63, 3.8) is 0 Å². The number of imidazole rings is 8. The van der Waals surface area contributed by atoms with Crippen LogP contribution in [0.15, 0.2) is 150 Å². The topological polar surface area (TPSA) is 486 Å². The zero-order valence-electron chi connectivity index (χ0n) is 31.1. The molecular formula is C28H40B4N20O8. The van der Waals surface area contributed by atoms with E-state index in [1.54, 1.807) is 150 Å². The van der Waals surface area contributed by atoms with E-state index in [1.165, 1.54) is 0 Å². The van der Waals surface area contributed by atoms with E-state index in [-0.39, 0.29) is 0 Å². The lowest BCUT2D eigenvalue weighted by Gasteiger charge is -1.67. The highest BCUT2D eigenvalue weighted by Crippen LogP contribution is 1.66.